The van der Waals surface area contributed by atoms with Gasteiger partial charge in [0.1, 0.15) is 0 Å². The first-order valence-electron chi connectivity index (χ1n) is 7.21. The van der Waals surface area contributed by atoms with E-state index >= 15 is 0 Å². The number of nitrogens with zero attached hydrogens (tertiary/aromatic N) is 3. The van der Waals surface area contributed by atoms with Gasteiger partial charge in [-0.1, -0.05) is 30.3 Å². The fourth-order valence-electron chi connectivity index (χ4n) is 2.51. The van der Waals surface area contributed by atoms with Crippen molar-refractivity contribution in [2.75, 3.05) is 18.0 Å². The van der Waals surface area contributed by atoms with Gasteiger partial charge in [0, 0.05) is 13.1 Å². The summed E-state index contributed by atoms with van der Waals surface area (Å²) in [5.74, 6) is 1.23. The lowest BCUT2D eigenvalue weighted by molar-refractivity contribution is 0.348. The van der Waals surface area contributed by atoms with E-state index in [0.717, 1.165) is 25.9 Å². The zero-order chi connectivity index (χ0) is 13.8. The number of anilines is 1. The topological polar surface area (TPSA) is 68.2 Å². The summed E-state index contributed by atoms with van der Waals surface area (Å²) in [4.78, 5) is 6.58. The summed E-state index contributed by atoms with van der Waals surface area (Å²) in [6.45, 7) is 2.02. The summed E-state index contributed by atoms with van der Waals surface area (Å²) in [7, 11) is 0. The van der Waals surface area contributed by atoms with E-state index in [0.29, 0.717) is 11.8 Å². The molecule has 1 aliphatic heterocycles. The van der Waals surface area contributed by atoms with Crippen LogP contribution in [0.1, 0.15) is 36.8 Å². The summed E-state index contributed by atoms with van der Waals surface area (Å²) in [6.07, 6.45) is 4.13. The Morgan fingerprint density at radius 3 is 2.70 bits per heavy atom. The van der Waals surface area contributed by atoms with Crippen LogP contribution in [0.2, 0.25) is 0 Å². The monoisotopic (exact) mass is 272 g/mol. The van der Waals surface area contributed by atoms with Gasteiger partial charge in [0.2, 0.25) is 5.89 Å². The molecule has 0 amide bonds. The van der Waals surface area contributed by atoms with Crippen LogP contribution in [0.5, 0.6) is 0 Å². The smallest absolute Gasteiger partial charge is 0.266 e. The summed E-state index contributed by atoms with van der Waals surface area (Å²) in [6, 6.07) is 10.1. The Bertz CT molecular complexity index is 534. The van der Waals surface area contributed by atoms with Crippen molar-refractivity contribution < 1.29 is 4.52 Å². The quantitative estimate of drug-likeness (QED) is 0.904. The van der Waals surface area contributed by atoms with Gasteiger partial charge < -0.3 is 15.2 Å². The SMILES string of the molecule is N[C@@H](CCc1ccccc1)c1nc(N2CCCC2)no1. The number of rotatable bonds is 5. The van der Waals surface area contributed by atoms with E-state index < -0.39 is 0 Å². The number of aromatic nitrogens is 2. The van der Waals surface area contributed by atoms with E-state index in [2.05, 4.69) is 27.2 Å². The van der Waals surface area contributed by atoms with Crippen LogP contribution >= 0.6 is 0 Å². The first-order valence-corrected chi connectivity index (χ1v) is 7.21. The standard InChI is InChI=1S/C15H20N4O/c16-13(9-8-12-6-2-1-3-7-12)14-17-15(18-20-14)19-10-4-5-11-19/h1-3,6-7,13H,4-5,8-11,16H2/t13-/m0/s1. The van der Waals surface area contributed by atoms with Crippen molar-refractivity contribution >= 4 is 5.95 Å². The number of benzene rings is 1. The van der Waals surface area contributed by atoms with Crippen molar-refractivity contribution in [1.29, 1.82) is 0 Å². The molecule has 1 fully saturated rings. The van der Waals surface area contributed by atoms with E-state index in [1.54, 1.807) is 0 Å². The lowest BCUT2D eigenvalue weighted by Gasteiger charge is -2.10. The molecule has 0 unspecified atom stereocenters. The van der Waals surface area contributed by atoms with E-state index in [9.17, 15) is 0 Å². The Kier molecular flexibility index (Phi) is 3.97. The first-order chi connectivity index (χ1) is 9.83. The molecule has 5 nitrogen and oxygen atoms in total. The van der Waals surface area contributed by atoms with E-state index in [1.165, 1.54) is 18.4 Å². The third kappa shape index (κ3) is 2.99. The van der Waals surface area contributed by atoms with Crippen molar-refractivity contribution in [3.63, 3.8) is 0 Å². The third-order valence-corrected chi connectivity index (χ3v) is 3.72. The van der Waals surface area contributed by atoms with Crippen molar-refractivity contribution in [3.8, 4) is 0 Å². The second-order valence-corrected chi connectivity index (χ2v) is 5.26. The maximum atomic E-state index is 6.14. The molecule has 0 aliphatic carbocycles. The Hall–Kier alpha value is -1.88. The highest BCUT2D eigenvalue weighted by Gasteiger charge is 2.20. The Balaban J connectivity index is 1.58. The van der Waals surface area contributed by atoms with Crippen LogP contribution in [0.15, 0.2) is 34.9 Å². The predicted octanol–water partition coefficient (Wildman–Crippen LogP) is 2.30. The highest BCUT2D eigenvalue weighted by atomic mass is 16.5. The van der Waals surface area contributed by atoms with Crippen LogP contribution in [-0.4, -0.2) is 23.2 Å². The molecule has 1 atom stereocenters. The van der Waals surface area contributed by atoms with Crippen molar-refractivity contribution in [2.45, 2.75) is 31.7 Å². The molecule has 5 heteroatoms. The molecule has 2 N–H and O–H groups in total. The number of hydrogen-bond donors (Lipinski definition) is 1. The zero-order valence-electron chi connectivity index (χ0n) is 11.5. The maximum absolute atomic E-state index is 6.14. The molecule has 0 saturated carbocycles. The molecule has 20 heavy (non-hydrogen) atoms. The summed E-state index contributed by atoms with van der Waals surface area (Å²) >= 11 is 0. The molecule has 1 aliphatic rings. The van der Waals surface area contributed by atoms with Crippen LogP contribution in [0.25, 0.3) is 0 Å². The largest absolute Gasteiger partial charge is 0.338 e. The highest BCUT2D eigenvalue weighted by Crippen LogP contribution is 2.20. The van der Waals surface area contributed by atoms with Gasteiger partial charge in [-0.2, -0.15) is 4.98 Å². The summed E-state index contributed by atoms with van der Waals surface area (Å²) < 4.78 is 5.30. The van der Waals surface area contributed by atoms with Gasteiger partial charge in [0.15, 0.2) is 0 Å². The minimum absolute atomic E-state index is 0.195. The predicted molar refractivity (Wildman–Crippen MR) is 77.4 cm³/mol. The highest BCUT2D eigenvalue weighted by molar-refractivity contribution is 5.29. The minimum atomic E-state index is -0.195. The van der Waals surface area contributed by atoms with Crippen LogP contribution in [0.4, 0.5) is 5.95 Å². The van der Waals surface area contributed by atoms with Gasteiger partial charge in [-0.25, -0.2) is 0 Å². The van der Waals surface area contributed by atoms with Crippen molar-refractivity contribution in [2.24, 2.45) is 5.73 Å². The average Bonchev–Trinajstić information content (AvgIpc) is 3.16. The van der Waals surface area contributed by atoms with Crippen molar-refractivity contribution in [1.82, 2.24) is 10.1 Å². The third-order valence-electron chi connectivity index (χ3n) is 3.72. The van der Waals surface area contributed by atoms with Crippen LogP contribution < -0.4 is 10.6 Å². The summed E-state index contributed by atoms with van der Waals surface area (Å²) in [5.41, 5.74) is 7.42. The van der Waals surface area contributed by atoms with Crippen LogP contribution in [-0.2, 0) is 6.42 Å². The van der Waals surface area contributed by atoms with E-state index in [4.69, 9.17) is 10.3 Å². The van der Waals surface area contributed by atoms with Gasteiger partial charge in [0.05, 0.1) is 6.04 Å². The van der Waals surface area contributed by atoms with Crippen LogP contribution in [0.3, 0.4) is 0 Å². The van der Waals surface area contributed by atoms with Crippen LogP contribution in [0, 0.1) is 0 Å². The number of aryl methyl sites for hydroxylation is 1. The normalized spacial score (nSPS) is 16.6. The van der Waals surface area contributed by atoms with Gasteiger partial charge in [0.25, 0.3) is 5.95 Å². The fraction of sp³-hybridized carbons (Fsp3) is 0.467. The van der Waals surface area contributed by atoms with E-state index in [1.807, 2.05) is 18.2 Å². The Morgan fingerprint density at radius 1 is 1.20 bits per heavy atom. The molecular formula is C15H20N4O. The van der Waals surface area contributed by atoms with Gasteiger partial charge in [-0.15, -0.1) is 0 Å². The number of hydrogen-bond acceptors (Lipinski definition) is 5. The molecular weight excluding hydrogens is 252 g/mol. The molecule has 1 aromatic carbocycles. The lowest BCUT2D eigenvalue weighted by atomic mass is 10.1. The molecule has 2 aromatic rings. The fourth-order valence-corrected chi connectivity index (χ4v) is 2.51. The molecule has 0 spiro atoms. The molecule has 1 saturated heterocycles. The molecule has 0 radical (unpaired) electrons. The molecule has 2 heterocycles. The zero-order valence-corrected chi connectivity index (χ0v) is 11.5. The second-order valence-electron chi connectivity index (χ2n) is 5.26. The number of nitrogens with two attached hydrogens (primary N) is 1. The van der Waals surface area contributed by atoms with Gasteiger partial charge in [-0.05, 0) is 36.4 Å². The first kappa shape index (κ1) is 13.1. The lowest BCUT2D eigenvalue weighted by Crippen LogP contribution is -2.19. The molecule has 0 bridgehead atoms. The van der Waals surface area contributed by atoms with Gasteiger partial charge >= 0.3 is 0 Å². The summed E-state index contributed by atoms with van der Waals surface area (Å²) in [5, 5.41) is 4.03. The average molecular weight is 272 g/mol. The van der Waals surface area contributed by atoms with Gasteiger partial charge in [-0.3, -0.25) is 0 Å². The van der Waals surface area contributed by atoms with E-state index in [-0.39, 0.29) is 6.04 Å². The molecule has 1 aromatic heterocycles. The Morgan fingerprint density at radius 2 is 1.95 bits per heavy atom. The van der Waals surface area contributed by atoms with Crippen molar-refractivity contribution in [3.05, 3.63) is 41.8 Å². The second kappa shape index (κ2) is 6.05. The Labute approximate surface area is 118 Å². The maximum Gasteiger partial charge on any atom is 0.266 e. The molecule has 106 valence electrons. The minimum Gasteiger partial charge on any atom is -0.338 e. The molecule has 3 rings (SSSR count).